The first-order chi connectivity index (χ1) is 12.6. The molecule has 0 aliphatic carbocycles. The van der Waals surface area contributed by atoms with Crippen LogP contribution in [-0.4, -0.2) is 30.9 Å². The second kappa shape index (κ2) is 6.94. The van der Waals surface area contributed by atoms with E-state index in [1.54, 1.807) is 22.3 Å². The van der Waals surface area contributed by atoms with E-state index >= 15 is 0 Å². The zero-order chi connectivity index (χ0) is 18.1. The number of aryl methyl sites for hydroxylation is 1. The summed E-state index contributed by atoms with van der Waals surface area (Å²) < 4.78 is 1.69. The molecule has 0 atom stereocenters. The predicted octanol–water partition coefficient (Wildman–Crippen LogP) is 3.97. The summed E-state index contributed by atoms with van der Waals surface area (Å²) in [5.41, 5.74) is 1.97. The summed E-state index contributed by atoms with van der Waals surface area (Å²) in [6, 6.07) is 7.36. The molecule has 4 aromatic rings. The number of nitrogens with one attached hydrogen (secondary N) is 1. The average molecular weight is 403 g/mol. The Kier molecular flexibility index (Phi) is 4.49. The third-order valence-corrected chi connectivity index (χ3v) is 5.53. The fourth-order valence-electron chi connectivity index (χ4n) is 2.22. The Labute approximate surface area is 161 Å². The highest BCUT2D eigenvalue weighted by atomic mass is 35.5. The molecule has 0 saturated carbocycles. The van der Waals surface area contributed by atoms with Gasteiger partial charge in [0.25, 0.3) is 5.91 Å². The zero-order valence-electron chi connectivity index (χ0n) is 13.4. The molecule has 7 nitrogen and oxygen atoms in total. The summed E-state index contributed by atoms with van der Waals surface area (Å²) in [7, 11) is 1.83. The van der Waals surface area contributed by atoms with Crippen molar-refractivity contribution in [3.8, 4) is 21.1 Å². The standard InChI is InChI=1S/C16H11ClN6OS2/c1-23-7-9(6-18-23)14-19-12(8-25-14)13(24)20-16-22-21-15(26-16)10-4-2-3-5-11(10)17/h2-8H,1H3,(H,20,22,24). The van der Waals surface area contributed by atoms with Crippen molar-refractivity contribution >= 4 is 45.3 Å². The maximum Gasteiger partial charge on any atom is 0.276 e. The monoisotopic (exact) mass is 402 g/mol. The Balaban J connectivity index is 1.51. The van der Waals surface area contributed by atoms with Crippen LogP contribution in [0.15, 0.2) is 42.0 Å². The molecule has 4 rings (SSSR count). The Morgan fingerprint density at radius 1 is 1.23 bits per heavy atom. The lowest BCUT2D eigenvalue weighted by Gasteiger charge is -1.98. The molecule has 0 unspecified atom stereocenters. The van der Waals surface area contributed by atoms with E-state index in [-0.39, 0.29) is 5.91 Å². The van der Waals surface area contributed by atoms with Gasteiger partial charge < -0.3 is 0 Å². The number of rotatable bonds is 4. The van der Waals surface area contributed by atoms with Gasteiger partial charge in [0.15, 0.2) is 5.01 Å². The molecule has 0 saturated heterocycles. The highest BCUT2D eigenvalue weighted by molar-refractivity contribution is 7.18. The highest BCUT2D eigenvalue weighted by Crippen LogP contribution is 2.32. The van der Waals surface area contributed by atoms with Crippen LogP contribution < -0.4 is 5.32 Å². The summed E-state index contributed by atoms with van der Waals surface area (Å²) >= 11 is 8.81. The number of hydrogen-bond acceptors (Lipinski definition) is 7. The molecule has 0 bridgehead atoms. The van der Waals surface area contributed by atoms with Crippen LogP contribution >= 0.6 is 34.3 Å². The first-order valence-corrected chi connectivity index (χ1v) is 9.52. The van der Waals surface area contributed by atoms with Crippen LogP contribution in [0.5, 0.6) is 0 Å². The zero-order valence-corrected chi connectivity index (χ0v) is 15.8. The molecule has 1 amide bonds. The van der Waals surface area contributed by atoms with Gasteiger partial charge in [0.1, 0.15) is 10.7 Å². The highest BCUT2D eigenvalue weighted by Gasteiger charge is 2.16. The van der Waals surface area contributed by atoms with E-state index in [1.165, 1.54) is 22.7 Å². The van der Waals surface area contributed by atoms with Gasteiger partial charge in [0.05, 0.1) is 11.2 Å². The smallest absolute Gasteiger partial charge is 0.276 e. The molecule has 0 fully saturated rings. The van der Waals surface area contributed by atoms with Crippen LogP contribution in [0.4, 0.5) is 5.13 Å². The average Bonchev–Trinajstić information content (AvgIpc) is 3.35. The number of hydrogen-bond donors (Lipinski definition) is 1. The Bertz CT molecular complexity index is 1090. The molecule has 0 aliphatic rings. The first-order valence-electron chi connectivity index (χ1n) is 7.44. The lowest BCUT2D eigenvalue weighted by atomic mass is 10.2. The number of aromatic nitrogens is 5. The van der Waals surface area contributed by atoms with Crippen LogP contribution in [0.25, 0.3) is 21.1 Å². The molecule has 130 valence electrons. The number of carbonyl (C=O) groups is 1. The van der Waals surface area contributed by atoms with Gasteiger partial charge in [-0.2, -0.15) is 5.10 Å². The molecule has 1 N–H and O–H groups in total. The van der Waals surface area contributed by atoms with Gasteiger partial charge in [-0.1, -0.05) is 41.1 Å². The second-order valence-corrected chi connectivity index (χ2v) is 7.53. The summed E-state index contributed by atoms with van der Waals surface area (Å²) in [6.45, 7) is 0. The third-order valence-electron chi connectivity index (χ3n) is 3.44. The van der Waals surface area contributed by atoms with Gasteiger partial charge in [0.2, 0.25) is 5.13 Å². The molecule has 0 aliphatic heterocycles. The normalized spacial score (nSPS) is 10.8. The maximum atomic E-state index is 12.4. The number of carbonyl (C=O) groups excluding carboxylic acids is 1. The number of thiazole rings is 1. The number of amides is 1. The van der Waals surface area contributed by atoms with Gasteiger partial charge in [0, 0.05) is 29.8 Å². The topological polar surface area (TPSA) is 85.6 Å². The number of benzene rings is 1. The fourth-order valence-corrected chi connectivity index (χ4v) is 4.06. The summed E-state index contributed by atoms with van der Waals surface area (Å²) in [6.07, 6.45) is 3.56. The van der Waals surface area contributed by atoms with Crippen LogP contribution in [0.1, 0.15) is 10.5 Å². The van der Waals surface area contributed by atoms with Crippen molar-refractivity contribution in [2.75, 3.05) is 5.32 Å². The summed E-state index contributed by atoms with van der Waals surface area (Å²) in [5.74, 6) is -0.335. The van der Waals surface area contributed by atoms with Crippen molar-refractivity contribution in [1.82, 2.24) is 25.0 Å². The van der Waals surface area contributed by atoms with E-state index in [9.17, 15) is 4.79 Å². The molecular formula is C16H11ClN6OS2. The maximum absolute atomic E-state index is 12.4. The molecular weight excluding hydrogens is 392 g/mol. The van der Waals surface area contributed by atoms with Crippen LogP contribution in [0, 0.1) is 0 Å². The van der Waals surface area contributed by atoms with Crippen molar-refractivity contribution in [3.63, 3.8) is 0 Å². The second-order valence-electron chi connectivity index (χ2n) is 5.29. The van der Waals surface area contributed by atoms with Gasteiger partial charge in [-0.15, -0.1) is 21.5 Å². The predicted molar refractivity (Wildman–Crippen MR) is 103 cm³/mol. The number of anilines is 1. The fraction of sp³-hybridized carbons (Fsp3) is 0.0625. The van der Waals surface area contributed by atoms with Gasteiger partial charge in [-0.25, -0.2) is 4.98 Å². The molecule has 0 radical (unpaired) electrons. The Morgan fingerprint density at radius 2 is 2.08 bits per heavy atom. The van der Waals surface area contributed by atoms with E-state index in [4.69, 9.17) is 11.6 Å². The SMILES string of the molecule is Cn1cc(-c2nc(C(=O)Nc3nnc(-c4ccccc4Cl)s3)cs2)cn1. The number of nitrogens with zero attached hydrogens (tertiary/aromatic N) is 5. The molecule has 3 heterocycles. The minimum Gasteiger partial charge on any atom is -0.295 e. The minimum atomic E-state index is -0.335. The molecule has 3 aromatic heterocycles. The summed E-state index contributed by atoms with van der Waals surface area (Å²) in [4.78, 5) is 16.8. The van der Waals surface area contributed by atoms with Crippen molar-refractivity contribution < 1.29 is 4.79 Å². The molecule has 0 spiro atoms. The molecule has 1 aromatic carbocycles. The van der Waals surface area contributed by atoms with Crippen molar-refractivity contribution in [2.24, 2.45) is 7.05 Å². The van der Waals surface area contributed by atoms with Crippen molar-refractivity contribution in [3.05, 3.63) is 52.8 Å². The van der Waals surface area contributed by atoms with E-state index in [1.807, 2.05) is 31.4 Å². The lowest BCUT2D eigenvalue weighted by Crippen LogP contribution is -2.12. The molecule has 26 heavy (non-hydrogen) atoms. The Hall–Kier alpha value is -2.62. The Morgan fingerprint density at radius 3 is 2.85 bits per heavy atom. The van der Waals surface area contributed by atoms with Crippen LogP contribution in [0.3, 0.4) is 0 Å². The largest absolute Gasteiger partial charge is 0.295 e. The third kappa shape index (κ3) is 3.36. The van der Waals surface area contributed by atoms with Gasteiger partial charge >= 0.3 is 0 Å². The van der Waals surface area contributed by atoms with Gasteiger partial charge in [-0.05, 0) is 6.07 Å². The van der Waals surface area contributed by atoms with Crippen LogP contribution in [0.2, 0.25) is 5.02 Å². The summed E-state index contributed by atoms with van der Waals surface area (Å²) in [5, 5.41) is 19.0. The van der Waals surface area contributed by atoms with E-state index in [2.05, 4.69) is 25.6 Å². The van der Waals surface area contributed by atoms with Crippen molar-refractivity contribution in [2.45, 2.75) is 0 Å². The lowest BCUT2D eigenvalue weighted by molar-refractivity contribution is 0.102. The van der Waals surface area contributed by atoms with E-state index in [0.29, 0.717) is 20.9 Å². The number of halogens is 1. The quantitative estimate of drug-likeness (QED) is 0.558. The minimum absolute atomic E-state index is 0.323. The van der Waals surface area contributed by atoms with E-state index < -0.39 is 0 Å². The molecule has 10 heteroatoms. The van der Waals surface area contributed by atoms with Crippen molar-refractivity contribution in [1.29, 1.82) is 0 Å². The van der Waals surface area contributed by atoms with Crippen LogP contribution in [-0.2, 0) is 7.05 Å². The first kappa shape index (κ1) is 16.8. The van der Waals surface area contributed by atoms with Gasteiger partial charge in [-0.3, -0.25) is 14.8 Å². The van der Waals surface area contributed by atoms with E-state index in [0.717, 1.165) is 16.1 Å².